The molecule has 106 valence electrons. The lowest BCUT2D eigenvalue weighted by atomic mass is 10.3. The van der Waals surface area contributed by atoms with Crippen molar-refractivity contribution < 1.29 is 19.1 Å². The Labute approximate surface area is 113 Å². The van der Waals surface area contributed by atoms with Crippen molar-refractivity contribution in [1.82, 2.24) is 15.5 Å². The predicted molar refractivity (Wildman–Crippen MR) is 65.0 cm³/mol. The number of ether oxygens (including phenoxy) is 2. The normalized spacial score (nSPS) is 38.5. The van der Waals surface area contributed by atoms with Crippen LogP contribution in [0.1, 0.15) is 6.42 Å². The summed E-state index contributed by atoms with van der Waals surface area (Å²) >= 11 is 0. The Morgan fingerprint density at radius 1 is 1.50 bits per heavy atom. The summed E-state index contributed by atoms with van der Waals surface area (Å²) in [4.78, 5) is 28.8. The molecule has 0 aromatic carbocycles. The Balaban J connectivity index is 1.56. The van der Waals surface area contributed by atoms with Gasteiger partial charge in [0.1, 0.15) is 12.2 Å². The molecule has 0 aromatic heterocycles. The molecule has 3 atom stereocenters. The van der Waals surface area contributed by atoms with Crippen LogP contribution in [0.15, 0.2) is 17.0 Å². The van der Waals surface area contributed by atoms with Gasteiger partial charge in [-0.3, -0.25) is 9.69 Å². The molecule has 0 radical (unpaired) electrons. The number of hydrogen-bond donors (Lipinski definition) is 3. The standard InChI is InChI=1S/C11H13N5O4/c12-5-1-11(5)4-16(10(18)20-11)6-2-13-9-8(14-6)15-7(17)3-19-9/h2,5,9,13H,1,3-4,12H2,(H,14,15,17). The lowest BCUT2D eigenvalue weighted by molar-refractivity contribution is -0.127. The first-order valence-corrected chi connectivity index (χ1v) is 6.30. The lowest BCUT2D eigenvalue weighted by Gasteiger charge is -2.29. The molecule has 0 bridgehead atoms. The van der Waals surface area contributed by atoms with E-state index in [0.717, 1.165) is 0 Å². The third kappa shape index (κ3) is 1.60. The maximum atomic E-state index is 11.9. The number of nitrogens with two attached hydrogens (primary N) is 1. The number of fused-ring (bicyclic) bond motifs is 1. The van der Waals surface area contributed by atoms with E-state index >= 15 is 0 Å². The molecule has 1 spiro atoms. The molecule has 4 N–H and O–H groups in total. The third-order valence-corrected chi connectivity index (χ3v) is 3.79. The number of morpholine rings is 1. The van der Waals surface area contributed by atoms with E-state index in [0.29, 0.717) is 24.6 Å². The fourth-order valence-electron chi connectivity index (χ4n) is 2.52. The highest BCUT2D eigenvalue weighted by Gasteiger charge is 2.62. The second kappa shape index (κ2) is 3.70. The van der Waals surface area contributed by atoms with E-state index in [2.05, 4.69) is 15.6 Å². The molecule has 3 heterocycles. The molecular formula is C11H13N5O4. The SMILES string of the molecule is NC1CC12CN(C1=CNC3OCC(=O)NC3=N1)C(=O)O2. The van der Waals surface area contributed by atoms with Crippen LogP contribution in [0.25, 0.3) is 0 Å². The van der Waals surface area contributed by atoms with Crippen LogP contribution in [0.2, 0.25) is 0 Å². The summed E-state index contributed by atoms with van der Waals surface area (Å²) in [5.74, 6) is 0.448. The fraction of sp³-hybridized carbons (Fsp3) is 0.545. The number of amides is 2. The van der Waals surface area contributed by atoms with E-state index < -0.39 is 17.9 Å². The van der Waals surface area contributed by atoms with Gasteiger partial charge in [-0.1, -0.05) is 0 Å². The zero-order valence-corrected chi connectivity index (χ0v) is 10.5. The van der Waals surface area contributed by atoms with Crippen LogP contribution in [-0.2, 0) is 14.3 Å². The van der Waals surface area contributed by atoms with Crippen LogP contribution in [0.4, 0.5) is 4.79 Å². The van der Waals surface area contributed by atoms with Gasteiger partial charge in [-0.15, -0.1) is 0 Å². The van der Waals surface area contributed by atoms with E-state index in [1.54, 1.807) is 6.20 Å². The molecule has 3 fully saturated rings. The Kier molecular flexibility index (Phi) is 2.16. The van der Waals surface area contributed by atoms with Crippen molar-refractivity contribution in [1.29, 1.82) is 0 Å². The number of aliphatic imine (C=N–C) groups is 1. The molecule has 1 saturated carbocycles. The number of amidine groups is 1. The average molecular weight is 279 g/mol. The van der Waals surface area contributed by atoms with E-state index in [1.165, 1.54) is 4.90 Å². The van der Waals surface area contributed by atoms with Gasteiger partial charge in [-0.05, 0) is 0 Å². The number of carbonyl (C=O) groups is 2. The highest BCUT2D eigenvalue weighted by atomic mass is 16.6. The first kappa shape index (κ1) is 11.7. The van der Waals surface area contributed by atoms with E-state index in [1.807, 2.05) is 0 Å². The average Bonchev–Trinajstić information content (AvgIpc) is 2.89. The highest BCUT2D eigenvalue weighted by molar-refractivity contribution is 6.03. The van der Waals surface area contributed by atoms with Crippen molar-refractivity contribution in [2.24, 2.45) is 10.7 Å². The molecule has 9 heteroatoms. The predicted octanol–water partition coefficient (Wildman–Crippen LogP) is -1.82. The molecule has 3 unspecified atom stereocenters. The van der Waals surface area contributed by atoms with Crippen molar-refractivity contribution in [2.45, 2.75) is 24.3 Å². The van der Waals surface area contributed by atoms with Crippen molar-refractivity contribution >= 4 is 17.8 Å². The zero-order valence-electron chi connectivity index (χ0n) is 10.5. The number of nitrogens with one attached hydrogen (secondary N) is 2. The molecule has 4 rings (SSSR count). The third-order valence-electron chi connectivity index (χ3n) is 3.79. The van der Waals surface area contributed by atoms with Gasteiger partial charge < -0.3 is 25.8 Å². The minimum absolute atomic E-state index is 0.0242. The summed E-state index contributed by atoms with van der Waals surface area (Å²) in [5, 5.41) is 5.55. The van der Waals surface area contributed by atoms with Gasteiger partial charge >= 0.3 is 6.09 Å². The maximum absolute atomic E-state index is 11.9. The van der Waals surface area contributed by atoms with Gasteiger partial charge in [0, 0.05) is 12.6 Å². The summed E-state index contributed by atoms with van der Waals surface area (Å²) in [6.45, 7) is 0.348. The zero-order chi connectivity index (χ0) is 13.9. The minimum Gasteiger partial charge on any atom is -0.439 e. The molecule has 1 aliphatic carbocycles. The maximum Gasteiger partial charge on any atom is 0.416 e. The minimum atomic E-state index is -0.568. The number of nitrogens with zero attached hydrogens (tertiary/aromatic N) is 2. The Morgan fingerprint density at radius 2 is 2.30 bits per heavy atom. The monoisotopic (exact) mass is 279 g/mol. The van der Waals surface area contributed by atoms with Gasteiger partial charge in [0.25, 0.3) is 5.91 Å². The molecule has 20 heavy (non-hydrogen) atoms. The first-order valence-electron chi connectivity index (χ1n) is 6.30. The van der Waals surface area contributed by atoms with Crippen molar-refractivity contribution in [3.05, 3.63) is 12.0 Å². The Morgan fingerprint density at radius 3 is 3.00 bits per heavy atom. The summed E-state index contributed by atoms with van der Waals surface area (Å²) < 4.78 is 10.5. The quantitative estimate of drug-likeness (QED) is 0.520. The van der Waals surface area contributed by atoms with Crippen LogP contribution in [0.5, 0.6) is 0 Å². The van der Waals surface area contributed by atoms with E-state index in [9.17, 15) is 9.59 Å². The number of hydrogen-bond acceptors (Lipinski definition) is 7. The molecule has 9 nitrogen and oxygen atoms in total. The van der Waals surface area contributed by atoms with Crippen LogP contribution in [0, 0.1) is 0 Å². The van der Waals surface area contributed by atoms with Crippen LogP contribution < -0.4 is 16.4 Å². The van der Waals surface area contributed by atoms with Crippen LogP contribution in [-0.4, -0.2) is 53.8 Å². The topological polar surface area (TPSA) is 118 Å². The number of rotatable bonds is 1. The smallest absolute Gasteiger partial charge is 0.416 e. The molecule has 4 aliphatic rings. The molecular weight excluding hydrogens is 266 g/mol. The summed E-state index contributed by atoms with van der Waals surface area (Å²) in [7, 11) is 0. The second-order valence-corrected chi connectivity index (χ2v) is 5.23. The van der Waals surface area contributed by atoms with Gasteiger partial charge in [-0.25, -0.2) is 9.79 Å². The number of carbonyl (C=O) groups excluding carboxylic acids is 2. The summed E-state index contributed by atoms with van der Waals surface area (Å²) in [6.07, 6.45) is 1.26. The van der Waals surface area contributed by atoms with Gasteiger partial charge in [0.2, 0.25) is 0 Å². The van der Waals surface area contributed by atoms with Gasteiger partial charge in [0.05, 0.1) is 12.6 Å². The van der Waals surface area contributed by atoms with Crippen LogP contribution in [0.3, 0.4) is 0 Å². The van der Waals surface area contributed by atoms with Gasteiger partial charge in [-0.2, -0.15) is 0 Å². The van der Waals surface area contributed by atoms with Crippen molar-refractivity contribution in [3.63, 3.8) is 0 Å². The lowest BCUT2D eigenvalue weighted by Crippen LogP contribution is -2.55. The molecule has 0 aromatic rings. The highest BCUT2D eigenvalue weighted by Crippen LogP contribution is 2.44. The van der Waals surface area contributed by atoms with Crippen molar-refractivity contribution in [3.8, 4) is 0 Å². The summed E-state index contributed by atoms with van der Waals surface area (Å²) in [5.41, 5.74) is 5.22. The molecule has 3 aliphatic heterocycles. The Hall–Kier alpha value is -2.13. The first-order chi connectivity index (χ1) is 9.57. The molecule has 2 saturated heterocycles. The Bertz CT molecular complexity index is 573. The van der Waals surface area contributed by atoms with Gasteiger partial charge in [0.15, 0.2) is 17.9 Å². The fourth-order valence-corrected chi connectivity index (χ4v) is 2.52. The molecule has 2 amide bonds. The van der Waals surface area contributed by atoms with E-state index in [4.69, 9.17) is 15.2 Å². The van der Waals surface area contributed by atoms with Crippen molar-refractivity contribution in [2.75, 3.05) is 13.2 Å². The van der Waals surface area contributed by atoms with E-state index in [-0.39, 0.29) is 18.6 Å². The summed E-state index contributed by atoms with van der Waals surface area (Å²) in [6, 6.07) is -0.119. The van der Waals surface area contributed by atoms with Crippen LogP contribution >= 0.6 is 0 Å². The largest absolute Gasteiger partial charge is 0.439 e. The second-order valence-electron chi connectivity index (χ2n) is 5.23.